The Morgan fingerprint density at radius 2 is 1.73 bits per heavy atom. The van der Waals surface area contributed by atoms with Crippen molar-refractivity contribution in [3.63, 3.8) is 0 Å². The molecule has 0 saturated carbocycles. The Bertz CT molecular complexity index is 707. The van der Waals surface area contributed by atoms with Crippen molar-refractivity contribution < 1.29 is 14.3 Å². The highest BCUT2D eigenvalue weighted by atomic mass is 35.5. The first-order chi connectivity index (χ1) is 12.6. The molecule has 1 N–H and O–H groups in total. The van der Waals surface area contributed by atoms with E-state index in [0.717, 1.165) is 16.5 Å². The maximum absolute atomic E-state index is 12.3. The van der Waals surface area contributed by atoms with Gasteiger partial charge in [0.15, 0.2) is 11.5 Å². The SMILES string of the molecule is CCOc1ccc(C(=O)NCCSCc2ccc(Cl)cc2)cc1OCC. The molecule has 6 heteroatoms. The largest absolute Gasteiger partial charge is 0.490 e. The summed E-state index contributed by atoms with van der Waals surface area (Å²) in [7, 11) is 0. The Morgan fingerprint density at radius 3 is 2.42 bits per heavy atom. The summed E-state index contributed by atoms with van der Waals surface area (Å²) in [4.78, 5) is 12.3. The summed E-state index contributed by atoms with van der Waals surface area (Å²) in [6.45, 7) is 5.50. The number of thioether (sulfide) groups is 1. The monoisotopic (exact) mass is 393 g/mol. The van der Waals surface area contributed by atoms with Crippen LogP contribution in [0.2, 0.25) is 5.02 Å². The van der Waals surface area contributed by atoms with Gasteiger partial charge in [0.1, 0.15) is 0 Å². The van der Waals surface area contributed by atoms with Crippen LogP contribution in [0, 0.1) is 0 Å². The highest BCUT2D eigenvalue weighted by Crippen LogP contribution is 2.28. The fraction of sp³-hybridized carbons (Fsp3) is 0.350. The lowest BCUT2D eigenvalue weighted by molar-refractivity contribution is 0.0955. The van der Waals surface area contributed by atoms with Crippen LogP contribution < -0.4 is 14.8 Å². The van der Waals surface area contributed by atoms with Crippen molar-refractivity contribution in [3.8, 4) is 11.5 Å². The van der Waals surface area contributed by atoms with Crippen LogP contribution in [0.15, 0.2) is 42.5 Å². The van der Waals surface area contributed by atoms with Crippen LogP contribution >= 0.6 is 23.4 Å². The molecule has 140 valence electrons. The van der Waals surface area contributed by atoms with Crippen LogP contribution in [-0.2, 0) is 5.75 Å². The van der Waals surface area contributed by atoms with Crippen LogP contribution in [0.1, 0.15) is 29.8 Å². The Morgan fingerprint density at radius 1 is 1.04 bits per heavy atom. The summed E-state index contributed by atoms with van der Waals surface area (Å²) < 4.78 is 11.1. The average molecular weight is 394 g/mol. The quantitative estimate of drug-likeness (QED) is 0.589. The molecule has 26 heavy (non-hydrogen) atoms. The minimum atomic E-state index is -0.110. The molecule has 0 radical (unpaired) electrons. The van der Waals surface area contributed by atoms with E-state index in [1.54, 1.807) is 30.0 Å². The summed E-state index contributed by atoms with van der Waals surface area (Å²) in [5.41, 5.74) is 1.79. The summed E-state index contributed by atoms with van der Waals surface area (Å²) in [6.07, 6.45) is 0. The molecule has 2 aromatic carbocycles. The number of carbonyl (C=O) groups excluding carboxylic acids is 1. The molecule has 0 saturated heterocycles. The molecule has 0 atom stereocenters. The average Bonchev–Trinajstić information content (AvgIpc) is 2.64. The number of nitrogens with one attached hydrogen (secondary N) is 1. The van der Waals surface area contributed by atoms with E-state index in [2.05, 4.69) is 5.32 Å². The first-order valence-corrected chi connectivity index (χ1v) is 10.2. The van der Waals surface area contributed by atoms with E-state index in [9.17, 15) is 4.79 Å². The Labute approximate surface area is 164 Å². The maximum Gasteiger partial charge on any atom is 0.251 e. The van der Waals surface area contributed by atoms with Gasteiger partial charge in [-0.1, -0.05) is 23.7 Å². The number of hydrogen-bond acceptors (Lipinski definition) is 4. The van der Waals surface area contributed by atoms with Crippen LogP contribution in [0.4, 0.5) is 0 Å². The number of rotatable bonds is 10. The molecule has 2 rings (SSSR count). The summed E-state index contributed by atoms with van der Waals surface area (Å²) in [5, 5.41) is 3.68. The molecule has 0 unspecified atom stereocenters. The third kappa shape index (κ3) is 6.46. The minimum absolute atomic E-state index is 0.110. The zero-order chi connectivity index (χ0) is 18.8. The van der Waals surface area contributed by atoms with Crippen LogP contribution in [0.3, 0.4) is 0 Å². The van der Waals surface area contributed by atoms with Gasteiger partial charge >= 0.3 is 0 Å². The van der Waals surface area contributed by atoms with Crippen molar-refractivity contribution in [1.29, 1.82) is 0 Å². The molecule has 0 aliphatic heterocycles. The van der Waals surface area contributed by atoms with Gasteiger partial charge in [-0.2, -0.15) is 11.8 Å². The van der Waals surface area contributed by atoms with Gasteiger partial charge in [-0.15, -0.1) is 0 Å². The lowest BCUT2D eigenvalue weighted by atomic mass is 10.2. The van der Waals surface area contributed by atoms with Crippen molar-refractivity contribution in [3.05, 3.63) is 58.6 Å². The van der Waals surface area contributed by atoms with E-state index in [1.807, 2.05) is 38.1 Å². The van der Waals surface area contributed by atoms with E-state index in [0.29, 0.717) is 36.8 Å². The molecule has 0 fully saturated rings. The lowest BCUT2D eigenvalue weighted by Crippen LogP contribution is -2.25. The van der Waals surface area contributed by atoms with Gasteiger partial charge < -0.3 is 14.8 Å². The van der Waals surface area contributed by atoms with E-state index in [-0.39, 0.29) is 5.91 Å². The standard InChI is InChI=1S/C20H24ClNO3S/c1-3-24-18-10-7-16(13-19(18)25-4-2)20(23)22-11-12-26-14-15-5-8-17(21)9-6-15/h5-10,13H,3-4,11-12,14H2,1-2H3,(H,22,23). The van der Waals surface area contributed by atoms with Gasteiger partial charge in [-0.05, 0) is 49.7 Å². The highest BCUT2D eigenvalue weighted by Gasteiger charge is 2.11. The molecule has 0 bridgehead atoms. The second kappa shape index (κ2) is 11.0. The highest BCUT2D eigenvalue weighted by molar-refractivity contribution is 7.98. The lowest BCUT2D eigenvalue weighted by Gasteiger charge is -2.12. The molecule has 1 amide bonds. The molecule has 4 nitrogen and oxygen atoms in total. The third-order valence-electron chi connectivity index (χ3n) is 3.52. The second-order valence-corrected chi connectivity index (χ2v) is 7.00. The smallest absolute Gasteiger partial charge is 0.251 e. The van der Waals surface area contributed by atoms with Gasteiger partial charge in [-0.25, -0.2) is 0 Å². The molecular weight excluding hydrogens is 370 g/mol. The van der Waals surface area contributed by atoms with Crippen LogP contribution in [0.25, 0.3) is 0 Å². The topological polar surface area (TPSA) is 47.6 Å². The van der Waals surface area contributed by atoms with Crippen molar-refractivity contribution in [1.82, 2.24) is 5.32 Å². The fourth-order valence-electron chi connectivity index (χ4n) is 2.30. The predicted octanol–water partition coefficient (Wildman–Crippen LogP) is 4.80. The third-order valence-corrected chi connectivity index (χ3v) is 4.80. The van der Waals surface area contributed by atoms with Gasteiger partial charge in [0.2, 0.25) is 0 Å². The molecular formula is C20H24ClNO3S. The van der Waals surface area contributed by atoms with Crippen molar-refractivity contribution >= 4 is 29.3 Å². The van der Waals surface area contributed by atoms with E-state index >= 15 is 0 Å². The first kappa shape index (κ1) is 20.5. The van der Waals surface area contributed by atoms with E-state index in [1.165, 1.54) is 5.56 Å². The van der Waals surface area contributed by atoms with Crippen LogP contribution in [0.5, 0.6) is 11.5 Å². The number of carbonyl (C=O) groups is 1. The summed E-state index contributed by atoms with van der Waals surface area (Å²) in [5.74, 6) is 2.87. The number of ether oxygens (including phenoxy) is 2. The predicted molar refractivity (Wildman–Crippen MR) is 109 cm³/mol. The number of hydrogen-bond donors (Lipinski definition) is 1. The molecule has 2 aromatic rings. The van der Waals surface area contributed by atoms with E-state index < -0.39 is 0 Å². The number of amides is 1. The van der Waals surface area contributed by atoms with Crippen molar-refractivity contribution in [2.24, 2.45) is 0 Å². The molecule has 0 aliphatic carbocycles. The fourth-order valence-corrected chi connectivity index (χ4v) is 3.25. The van der Waals surface area contributed by atoms with Gasteiger partial charge in [-0.3, -0.25) is 4.79 Å². The summed E-state index contributed by atoms with van der Waals surface area (Å²) >= 11 is 7.64. The van der Waals surface area contributed by atoms with Gasteiger partial charge in [0, 0.05) is 28.6 Å². The van der Waals surface area contributed by atoms with Crippen molar-refractivity contribution in [2.75, 3.05) is 25.5 Å². The molecule has 0 aliphatic rings. The summed E-state index contributed by atoms with van der Waals surface area (Å²) in [6, 6.07) is 13.1. The first-order valence-electron chi connectivity index (χ1n) is 8.64. The Kier molecular flexibility index (Phi) is 8.65. The Balaban J connectivity index is 1.79. The maximum atomic E-state index is 12.3. The van der Waals surface area contributed by atoms with Gasteiger partial charge in [0.05, 0.1) is 13.2 Å². The minimum Gasteiger partial charge on any atom is -0.490 e. The normalized spacial score (nSPS) is 10.4. The molecule has 0 spiro atoms. The molecule has 0 heterocycles. The zero-order valence-electron chi connectivity index (χ0n) is 15.1. The number of benzene rings is 2. The number of halogens is 1. The Hall–Kier alpha value is -1.85. The van der Waals surface area contributed by atoms with Crippen LogP contribution in [-0.4, -0.2) is 31.4 Å². The second-order valence-electron chi connectivity index (χ2n) is 5.46. The van der Waals surface area contributed by atoms with E-state index in [4.69, 9.17) is 21.1 Å². The van der Waals surface area contributed by atoms with Crippen molar-refractivity contribution in [2.45, 2.75) is 19.6 Å². The van der Waals surface area contributed by atoms with Gasteiger partial charge in [0.25, 0.3) is 5.91 Å². The zero-order valence-corrected chi connectivity index (χ0v) is 16.7. The molecule has 0 aromatic heterocycles.